The van der Waals surface area contributed by atoms with Crippen LogP contribution in [0.25, 0.3) is 0 Å². The summed E-state index contributed by atoms with van der Waals surface area (Å²) in [6.45, 7) is 5.19. The molecule has 0 N–H and O–H groups in total. The van der Waals surface area contributed by atoms with E-state index >= 15 is 0 Å². The van der Waals surface area contributed by atoms with Crippen LogP contribution in [0.5, 0.6) is 0 Å². The first-order chi connectivity index (χ1) is 13.7. The lowest BCUT2D eigenvalue weighted by molar-refractivity contribution is -0.127. The van der Waals surface area contributed by atoms with E-state index in [0.717, 1.165) is 49.9 Å². The van der Waals surface area contributed by atoms with Crippen molar-refractivity contribution >= 4 is 17.7 Å². The lowest BCUT2D eigenvalue weighted by Crippen LogP contribution is -2.38. The number of thioether (sulfide) groups is 1. The Kier molecular flexibility index (Phi) is 6.58. The topological polar surface area (TPSA) is 69.5 Å². The highest BCUT2D eigenvalue weighted by Gasteiger charge is 2.45. The van der Waals surface area contributed by atoms with Gasteiger partial charge in [0.2, 0.25) is 5.91 Å². The number of rotatable bonds is 9. The number of nitrogens with zero attached hydrogens (tertiary/aromatic N) is 4. The summed E-state index contributed by atoms with van der Waals surface area (Å²) in [7, 11) is 1.67. The molecular weight excluding hydrogens is 376 g/mol. The van der Waals surface area contributed by atoms with Gasteiger partial charge in [-0.2, -0.15) is 11.8 Å². The second-order valence-corrected chi connectivity index (χ2v) is 9.71. The van der Waals surface area contributed by atoms with E-state index in [1.807, 2.05) is 10.9 Å². The zero-order valence-corrected chi connectivity index (χ0v) is 17.8. The first-order valence-electron chi connectivity index (χ1n) is 10.5. The molecule has 1 aromatic heterocycles. The number of aromatic nitrogens is 3. The highest BCUT2D eigenvalue weighted by molar-refractivity contribution is 7.99. The van der Waals surface area contributed by atoms with Crippen molar-refractivity contribution in [3.8, 4) is 0 Å². The third-order valence-electron chi connectivity index (χ3n) is 6.30. The molecule has 1 amide bonds. The molecule has 0 aromatic carbocycles. The SMILES string of the molecule is CCSCC(=O)N1C[C@H]2C[C@@H](n3cc(COC)nn3)[C@H](OCC3CC3)C[C@H]2C1. The standard InChI is InChI=1S/C20H32N4O3S/c1-3-28-13-20(25)23-8-15-6-18(24-10-17(12-26-2)21-22-24)19(7-16(15)9-23)27-11-14-4-5-14/h10,14-16,18-19H,3-9,11-13H2,1-2H3/t15-,16+,18-,19-/m1/s1. The van der Waals surface area contributed by atoms with E-state index in [-0.39, 0.29) is 18.1 Å². The largest absolute Gasteiger partial charge is 0.378 e. The minimum absolute atomic E-state index is 0.152. The summed E-state index contributed by atoms with van der Waals surface area (Å²) in [5, 5.41) is 8.63. The van der Waals surface area contributed by atoms with Crippen LogP contribution in [-0.4, -0.2) is 70.2 Å². The van der Waals surface area contributed by atoms with Gasteiger partial charge in [-0.3, -0.25) is 4.79 Å². The van der Waals surface area contributed by atoms with Crippen molar-refractivity contribution in [2.24, 2.45) is 17.8 Å². The maximum absolute atomic E-state index is 12.5. The maximum Gasteiger partial charge on any atom is 0.232 e. The lowest BCUT2D eigenvalue weighted by Gasteiger charge is -2.37. The van der Waals surface area contributed by atoms with Crippen LogP contribution in [0.4, 0.5) is 0 Å². The number of hydrogen-bond donors (Lipinski definition) is 0. The second kappa shape index (κ2) is 9.13. The molecule has 1 saturated heterocycles. The van der Waals surface area contributed by atoms with Crippen molar-refractivity contribution in [3.63, 3.8) is 0 Å². The van der Waals surface area contributed by atoms with Gasteiger partial charge in [-0.1, -0.05) is 12.1 Å². The molecule has 0 radical (unpaired) electrons. The zero-order chi connectivity index (χ0) is 19.5. The highest BCUT2D eigenvalue weighted by atomic mass is 32.2. The molecule has 4 atom stereocenters. The minimum atomic E-state index is 0.152. The molecule has 3 aliphatic rings. The van der Waals surface area contributed by atoms with E-state index in [2.05, 4.69) is 22.1 Å². The maximum atomic E-state index is 12.5. The number of carbonyl (C=O) groups excluding carboxylic acids is 1. The van der Waals surface area contributed by atoms with E-state index in [1.165, 1.54) is 12.8 Å². The van der Waals surface area contributed by atoms with Gasteiger partial charge in [-0.05, 0) is 49.2 Å². The summed E-state index contributed by atoms with van der Waals surface area (Å²) >= 11 is 1.71. The fraction of sp³-hybridized carbons (Fsp3) is 0.850. The molecule has 1 aromatic rings. The second-order valence-electron chi connectivity index (χ2n) is 8.43. The van der Waals surface area contributed by atoms with Gasteiger partial charge in [-0.25, -0.2) is 4.68 Å². The Hall–Kier alpha value is -1.12. The van der Waals surface area contributed by atoms with Crippen molar-refractivity contribution in [2.75, 3.05) is 38.3 Å². The number of ether oxygens (including phenoxy) is 2. The van der Waals surface area contributed by atoms with Gasteiger partial charge in [0, 0.05) is 26.8 Å². The summed E-state index contributed by atoms with van der Waals surface area (Å²) in [6, 6.07) is 0.193. The summed E-state index contributed by atoms with van der Waals surface area (Å²) < 4.78 is 13.6. The zero-order valence-electron chi connectivity index (χ0n) is 17.0. The summed E-state index contributed by atoms with van der Waals surface area (Å²) in [4.78, 5) is 14.6. The van der Waals surface area contributed by atoms with Crippen molar-refractivity contribution < 1.29 is 14.3 Å². The normalized spacial score (nSPS) is 29.9. The van der Waals surface area contributed by atoms with E-state index in [4.69, 9.17) is 9.47 Å². The van der Waals surface area contributed by atoms with E-state index in [1.54, 1.807) is 18.9 Å². The lowest BCUT2D eigenvalue weighted by atomic mass is 9.77. The van der Waals surface area contributed by atoms with Crippen LogP contribution >= 0.6 is 11.8 Å². The average molecular weight is 409 g/mol. The quantitative estimate of drug-likeness (QED) is 0.625. The van der Waals surface area contributed by atoms with Crippen molar-refractivity contribution in [1.29, 1.82) is 0 Å². The number of fused-ring (bicyclic) bond motifs is 1. The summed E-state index contributed by atoms with van der Waals surface area (Å²) in [5.74, 6) is 3.68. The molecule has 2 saturated carbocycles. The number of likely N-dealkylation sites (tertiary alicyclic amines) is 1. The third-order valence-corrected chi connectivity index (χ3v) is 7.16. The molecule has 0 spiro atoms. The van der Waals surface area contributed by atoms with Crippen molar-refractivity contribution in [2.45, 2.75) is 51.4 Å². The Morgan fingerprint density at radius 2 is 2.07 bits per heavy atom. The van der Waals surface area contributed by atoms with Crippen LogP contribution in [-0.2, 0) is 20.9 Å². The predicted molar refractivity (Wildman–Crippen MR) is 108 cm³/mol. The molecule has 0 unspecified atom stereocenters. The highest BCUT2D eigenvalue weighted by Crippen LogP contribution is 2.43. The number of amides is 1. The van der Waals surface area contributed by atoms with Crippen LogP contribution in [0.15, 0.2) is 6.20 Å². The molecular formula is C20H32N4O3S. The van der Waals surface area contributed by atoms with E-state index in [9.17, 15) is 4.79 Å². The van der Waals surface area contributed by atoms with Gasteiger partial charge >= 0.3 is 0 Å². The van der Waals surface area contributed by atoms with Crippen LogP contribution in [0.3, 0.4) is 0 Å². The monoisotopic (exact) mass is 408 g/mol. The Morgan fingerprint density at radius 3 is 2.79 bits per heavy atom. The summed E-state index contributed by atoms with van der Waals surface area (Å²) in [5.41, 5.74) is 0.852. The minimum Gasteiger partial charge on any atom is -0.378 e. The molecule has 0 bridgehead atoms. The van der Waals surface area contributed by atoms with Gasteiger partial charge in [0.15, 0.2) is 0 Å². The molecule has 1 aliphatic heterocycles. The van der Waals surface area contributed by atoms with Gasteiger partial charge < -0.3 is 14.4 Å². The number of carbonyl (C=O) groups is 1. The molecule has 2 heterocycles. The Bertz CT molecular complexity index is 666. The summed E-state index contributed by atoms with van der Waals surface area (Å²) in [6.07, 6.45) is 6.74. The van der Waals surface area contributed by atoms with Crippen LogP contribution in [0, 0.1) is 17.8 Å². The predicted octanol–water partition coefficient (Wildman–Crippen LogP) is 2.38. The molecule has 4 rings (SSSR count). The van der Waals surface area contributed by atoms with Gasteiger partial charge in [-0.15, -0.1) is 5.10 Å². The molecule has 2 aliphatic carbocycles. The Morgan fingerprint density at radius 1 is 1.29 bits per heavy atom. The average Bonchev–Trinajstić information content (AvgIpc) is 3.25. The van der Waals surface area contributed by atoms with Crippen LogP contribution in [0.2, 0.25) is 0 Å². The molecule has 8 heteroatoms. The molecule has 156 valence electrons. The van der Waals surface area contributed by atoms with Crippen molar-refractivity contribution in [3.05, 3.63) is 11.9 Å². The van der Waals surface area contributed by atoms with Crippen LogP contribution in [0.1, 0.15) is 44.3 Å². The Labute approximate surface area is 171 Å². The smallest absolute Gasteiger partial charge is 0.232 e. The molecule has 3 fully saturated rings. The van der Waals surface area contributed by atoms with E-state index < -0.39 is 0 Å². The number of hydrogen-bond acceptors (Lipinski definition) is 6. The molecule has 28 heavy (non-hydrogen) atoms. The fourth-order valence-electron chi connectivity index (χ4n) is 4.57. The van der Waals surface area contributed by atoms with Gasteiger partial charge in [0.05, 0.1) is 30.7 Å². The fourth-order valence-corrected chi connectivity index (χ4v) is 5.13. The number of methoxy groups -OCH3 is 1. The van der Waals surface area contributed by atoms with Gasteiger partial charge in [0.25, 0.3) is 0 Å². The first kappa shape index (κ1) is 20.2. The van der Waals surface area contributed by atoms with E-state index in [0.29, 0.717) is 24.2 Å². The first-order valence-corrected chi connectivity index (χ1v) is 11.7. The van der Waals surface area contributed by atoms with Gasteiger partial charge in [0.1, 0.15) is 5.69 Å². The molecule has 7 nitrogen and oxygen atoms in total. The van der Waals surface area contributed by atoms with Crippen LogP contribution < -0.4 is 0 Å². The third kappa shape index (κ3) is 4.71. The van der Waals surface area contributed by atoms with Crippen molar-refractivity contribution in [1.82, 2.24) is 19.9 Å². The Balaban J connectivity index is 1.44.